The number of thioether (sulfide) groups is 1. The molecule has 1 aliphatic heterocycles. The molecule has 1 N–H and O–H groups in total. The number of furan rings is 1. The lowest BCUT2D eigenvalue weighted by Gasteiger charge is -2.21. The zero-order valence-corrected chi connectivity index (χ0v) is 17.3. The van der Waals surface area contributed by atoms with E-state index in [0.29, 0.717) is 34.9 Å². The normalized spacial score (nSPS) is 23.4. The summed E-state index contributed by atoms with van der Waals surface area (Å²) >= 11 is 1.57. The molecule has 1 aromatic carbocycles. The molecular formula is C22H24N2O4S. The van der Waals surface area contributed by atoms with Gasteiger partial charge in [-0.15, -0.1) is 11.8 Å². The van der Waals surface area contributed by atoms with E-state index in [-0.39, 0.29) is 11.8 Å². The fourth-order valence-electron chi connectivity index (χ4n) is 3.40. The van der Waals surface area contributed by atoms with Crippen molar-refractivity contribution in [1.82, 2.24) is 4.90 Å². The molecule has 3 unspecified atom stereocenters. The fourth-order valence-corrected chi connectivity index (χ4v) is 4.57. The third kappa shape index (κ3) is 4.50. The average Bonchev–Trinajstić information content (AvgIpc) is 3.15. The third-order valence-corrected chi connectivity index (χ3v) is 6.35. The van der Waals surface area contributed by atoms with Crippen LogP contribution in [0.5, 0.6) is 5.75 Å². The van der Waals surface area contributed by atoms with E-state index in [1.54, 1.807) is 54.1 Å². The van der Waals surface area contributed by atoms with Crippen molar-refractivity contribution in [2.24, 2.45) is 5.92 Å². The topological polar surface area (TPSA) is 71.8 Å². The second kappa shape index (κ2) is 8.37. The summed E-state index contributed by atoms with van der Waals surface area (Å²) in [7, 11) is 1.59. The molecule has 2 aromatic rings. The van der Waals surface area contributed by atoms with Crippen LogP contribution in [0.2, 0.25) is 0 Å². The van der Waals surface area contributed by atoms with Gasteiger partial charge in [0.25, 0.3) is 0 Å². The van der Waals surface area contributed by atoms with E-state index in [4.69, 9.17) is 9.15 Å². The van der Waals surface area contributed by atoms with Crippen molar-refractivity contribution in [2.45, 2.75) is 25.3 Å². The first-order valence-corrected chi connectivity index (χ1v) is 10.8. The number of carbonyl (C=O) groups is 2. The molecule has 6 nitrogen and oxygen atoms in total. The van der Waals surface area contributed by atoms with E-state index in [1.807, 2.05) is 12.1 Å². The maximum atomic E-state index is 12.7. The fraction of sp³-hybridized carbons (Fsp3) is 0.364. The van der Waals surface area contributed by atoms with Crippen LogP contribution >= 0.6 is 11.8 Å². The maximum Gasteiger partial charge on any atom is 0.248 e. The number of amides is 2. The van der Waals surface area contributed by atoms with Gasteiger partial charge in [-0.3, -0.25) is 9.59 Å². The van der Waals surface area contributed by atoms with E-state index in [2.05, 4.69) is 12.2 Å². The first-order valence-electron chi connectivity index (χ1n) is 9.66. The second-order valence-corrected chi connectivity index (χ2v) is 8.43. The molecule has 2 fully saturated rings. The van der Waals surface area contributed by atoms with Gasteiger partial charge in [-0.05, 0) is 54.8 Å². The van der Waals surface area contributed by atoms with Crippen LogP contribution in [-0.4, -0.2) is 41.5 Å². The van der Waals surface area contributed by atoms with Gasteiger partial charge >= 0.3 is 0 Å². The standard InChI is InChI=1S/C22H24N2O4S/c1-14-11-18(14)20-9-7-17(28-20)8-10-21(25)24-13-29-12-19(24)22(26)23-15-3-5-16(27-2)6-4-15/h3-10,14,18-19H,11-13H2,1-2H3,(H,23,26). The molecule has 1 saturated heterocycles. The number of hydrogen-bond donors (Lipinski definition) is 1. The molecule has 4 rings (SSSR count). The van der Waals surface area contributed by atoms with Crippen molar-refractivity contribution in [3.63, 3.8) is 0 Å². The summed E-state index contributed by atoms with van der Waals surface area (Å²) < 4.78 is 10.9. The van der Waals surface area contributed by atoms with Gasteiger partial charge < -0.3 is 19.4 Å². The molecule has 0 radical (unpaired) electrons. The van der Waals surface area contributed by atoms with Crippen LogP contribution in [-0.2, 0) is 9.59 Å². The Morgan fingerprint density at radius 2 is 2.00 bits per heavy atom. The van der Waals surface area contributed by atoms with Crippen molar-refractivity contribution >= 4 is 35.3 Å². The van der Waals surface area contributed by atoms with Crippen LogP contribution in [0.15, 0.2) is 46.9 Å². The molecule has 29 heavy (non-hydrogen) atoms. The Hall–Kier alpha value is -2.67. The van der Waals surface area contributed by atoms with E-state index in [0.717, 1.165) is 17.9 Å². The zero-order valence-electron chi connectivity index (χ0n) is 16.5. The van der Waals surface area contributed by atoms with Crippen LogP contribution in [0.3, 0.4) is 0 Å². The summed E-state index contributed by atoms with van der Waals surface area (Å²) in [6.45, 7) is 2.20. The molecule has 1 saturated carbocycles. The number of anilines is 1. The Morgan fingerprint density at radius 1 is 1.24 bits per heavy atom. The number of nitrogens with zero attached hydrogens (tertiary/aromatic N) is 1. The summed E-state index contributed by atoms with van der Waals surface area (Å²) in [6, 6.07) is 10.5. The molecule has 7 heteroatoms. The van der Waals surface area contributed by atoms with E-state index >= 15 is 0 Å². The van der Waals surface area contributed by atoms with Gasteiger partial charge in [0.05, 0.1) is 13.0 Å². The highest BCUT2D eigenvalue weighted by atomic mass is 32.2. The van der Waals surface area contributed by atoms with Crippen LogP contribution in [0.25, 0.3) is 6.08 Å². The van der Waals surface area contributed by atoms with Crippen molar-refractivity contribution in [3.05, 3.63) is 54.0 Å². The number of methoxy groups -OCH3 is 1. The summed E-state index contributed by atoms with van der Waals surface area (Å²) in [6.07, 6.45) is 4.32. The van der Waals surface area contributed by atoms with Gasteiger partial charge in [0.1, 0.15) is 23.3 Å². The van der Waals surface area contributed by atoms with E-state index < -0.39 is 6.04 Å². The average molecular weight is 413 g/mol. The molecule has 2 aliphatic rings. The lowest BCUT2D eigenvalue weighted by atomic mass is 10.2. The second-order valence-electron chi connectivity index (χ2n) is 7.43. The minimum Gasteiger partial charge on any atom is -0.497 e. The largest absolute Gasteiger partial charge is 0.497 e. The summed E-state index contributed by atoms with van der Waals surface area (Å²) in [4.78, 5) is 26.9. The van der Waals surface area contributed by atoms with Crippen molar-refractivity contribution in [1.29, 1.82) is 0 Å². The number of carbonyl (C=O) groups excluding carboxylic acids is 2. The van der Waals surface area contributed by atoms with Crippen molar-refractivity contribution < 1.29 is 18.7 Å². The first-order chi connectivity index (χ1) is 14.0. The number of nitrogens with one attached hydrogen (secondary N) is 1. The predicted molar refractivity (Wildman–Crippen MR) is 114 cm³/mol. The lowest BCUT2D eigenvalue weighted by molar-refractivity contribution is -0.132. The highest BCUT2D eigenvalue weighted by molar-refractivity contribution is 7.99. The van der Waals surface area contributed by atoms with Crippen LogP contribution in [0, 0.1) is 5.92 Å². The van der Waals surface area contributed by atoms with Crippen LogP contribution in [0.4, 0.5) is 5.69 Å². The molecule has 0 spiro atoms. The van der Waals surface area contributed by atoms with E-state index in [9.17, 15) is 9.59 Å². The minimum absolute atomic E-state index is 0.190. The third-order valence-electron chi connectivity index (χ3n) is 5.34. The molecule has 1 aromatic heterocycles. The summed E-state index contributed by atoms with van der Waals surface area (Å²) in [5, 5.41) is 2.88. The Bertz CT molecular complexity index is 921. The van der Waals surface area contributed by atoms with Gasteiger partial charge in [0, 0.05) is 23.4 Å². The smallest absolute Gasteiger partial charge is 0.248 e. The molecule has 3 atom stereocenters. The molecular weight excluding hydrogens is 388 g/mol. The van der Waals surface area contributed by atoms with Crippen LogP contribution < -0.4 is 10.1 Å². The Morgan fingerprint density at radius 3 is 2.69 bits per heavy atom. The van der Waals surface area contributed by atoms with E-state index in [1.165, 1.54) is 6.08 Å². The predicted octanol–water partition coefficient (Wildman–Crippen LogP) is 3.97. The Labute approximate surface area is 174 Å². The molecule has 2 heterocycles. The van der Waals surface area contributed by atoms with Crippen molar-refractivity contribution in [3.8, 4) is 5.75 Å². The number of hydrogen-bond acceptors (Lipinski definition) is 5. The minimum atomic E-state index is -0.501. The summed E-state index contributed by atoms with van der Waals surface area (Å²) in [5.74, 6) is 4.24. The quantitative estimate of drug-likeness (QED) is 0.727. The molecule has 2 amide bonds. The Balaban J connectivity index is 1.37. The number of ether oxygens (including phenoxy) is 1. The van der Waals surface area contributed by atoms with Crippen molar-refractivity contribution in [2.75, 3.05) is 24.1 Å². The maximum absolute atomic E-state index is 12.7. The summed E-state index contributed by atoms with van der Waals surface area (Å²) in [5.41, 5.74) is 0.674. The van der Waals surface area contributed by atoms with Crippen LogP contribution in [0.1, 0.15) is 30.8 Å². The Kier molecular flexibility index (Phi) is 5.67. The highest BCUT2D eigenvalue weighted by Gasteiger charge is 2.36. The number of rotatable bonds is 6. The first kappa shape index (κ1) is 19.6. The lowest BCUT2D eigenvalue weighted by Crippen LogP contribution is -2.43. The van der Waals surface area contributed by atoms with Gasteiger partial charge in [0.2, 0.25) is 11.8 Å². The van der Waals surface area contributed by atoms with Gasteiger partial charge in [-0.2, -0.15) is 0 Å². The number of benzene rings is 1. The zero-order chi connectivity index (χ0) is 20.4. The molecule has 1 aliphatic carbocycles. The molecule has 0 bridgehead atoms. The monoisotopic (exact) mass is 412 g/mol. The van der Waals surface area contributed by atoms with Gasteiger partial charge in [-0.1, -0.05) is 6.92 Å². The highest BCUT2D eigenvalue weighted by Crippen LogP contribution is 2.47. The van der Waals surface area contributed by atoms with Gasteiger partial charge in [0.15, 0.2) is 0 Å². The SMILES string of the molecule is COc1ccc(NC(=O)C2CSCN2C(=O)C=Cc2ccc(C3CC3C)o2)cc1. The molecule has 152 valence electrons. The van der Waals surface area contributed by atoms with Gasteiger partial charge in [-0.25, -0.2) is 0 Å².